The van der Waals surface area contributed by atoms with Crippen LogP contribution in [0.4, 0.5) is 13.2 Å². The zero-order valence-electron chi connectivity index (χ0n) is 14.2. The molecule has 2 aliphatic heterocycles. The predicted molar refractivity (Wildman–Crippen MR) is 90.9 cm³/mol. The van der Waals surface area contributed by atoms with Gasteiger partial charge in [-0.1, -0.05) is 6.07 Å². The van der Waals surface area contributed by atoms with Gasteiger partial charge >= 0.3 is 6.18 Å². The van der Waals surface area contributed by atoms with Gasteiger partial charge in [0.25, 0.3) is 5.91 Å². The Bertz CT molecular complexity index is 847. The van der Waals surface area contributed by atoms with Crippen molar-refractivity contribution in [3.8, 4) is 11.5 Å². The number of carbonyl (C=O) groups excluding carboxylic acids is 1. The number of hydrogen-bond donors (Lipinski definition) is 0. The Kier molecular flexibility index (Phi) is 4.68. The number of ether oxygens (including phenoxy) is 2. The maximum Gasteiger partial charge on any atom is 0.434 e. The summed E-state index contributed by atoms with van der Waals surface area (Å²) in [5.74, 6) is 0.831. The molecule has 0 N–H and O–H groups in total. The number of alkyl halides is 3. The van der Waals surface area contributed by atoms with Crippen molar-refractivity contribution in [2.24, 2.45) is 0 Å². The highest BCUT2D eigenvalue weighted by Gasteiger charge is 2.39. The van der Waals surface area contributed by atoms with Gasteiger partial charge in [-0.3, -0.25) is 9.69 Å². The van der Waals surface area contributed by atoms with E-state index in [4.69, 9.17) is 9.47 Å². The quantitative estimate of drug-likeness (QED) is 0.795. The number of thiazole rings is 1. The first-order chi connectivity index (χ1) is 12.9. The molecule has 2 aliphatic rings. The Labute approximate surface area is 157 Å². The molecule has 1 aromatic carbocycles. The smallest absolute Gasteiger partial charge is 0.434 e. The molecular weight excluding hydrogens is 383 g/mol. The Morgan fingerprint density at radius 3 is 2.63 bits per heavy atom. The van der Waals surface area contributed by atoms with Gasteiger partial charge in [0, 0.05) is 32.7 Å². The van der Waals surface area contributed by atoms with E-state index in [-0.39, 0.29) is 11.7 Å². The molecule has 27 heavy (non-hydrogen) atoms. The summed E-state index contributed by atoms with van der Waals surface area (Å²) >= 11 is 0.731. The van der Waals surface area contributed by atoms with Crippen molar-refractivity contribution in [3.05, 3.63) is 39.8 Å². The van der Waals surface area contributed by atoms with Crippen LogP contribution in [0.15, 0.2) is 23.7 Å². The average Bonchev–Trinajstić information content (AvgIpc) is 3.30. The molecule has 0 radical (unpaired) electrons. The third-order valence-corrected chi connectivity index (χ3v) is 5.35. The van der Waals surface area contributed by atoms with Crippen LogP contribution >= 0.6 is 11.3 Å². The summed E-state index contributed by atoms with van der Waals surface area (Å²) < 4.78 is 49.5. The van der Waals surface area contributed by atoms with E-state index in [1.165, 1.54) is 4.90 Å². The second-order valence-corrected chi connectivity index (χ2v) is 7.14. The Morgan fingerprint density at radius 1 is 1.15 bits per heavy atom. The summed E-state index contributed by atoms with van der Waals surface area (Å²) in [4.78, 5) is 19.1. The van der Waals surface area contributed by atoms with E-state index in [1.807, 2.05) is 18.2 Å². The van der Waals surface area contributed by atoms with Crippen LogP contribution in [0.5, 0.6) is 11.5 Å². The first-order valence-electron chi connectivity index (χ1n) is 8.32. The molecule has 1 amide bonds. The zero-order chi connectivity index (χ0) is 19.0. The number of halogens is 3. The lowest BCUT2D eigenvalue weighted by Crippen LogP contribution is -2.48. The van der Waals surface area contributed by atoms with Crippen LogP contribution < -0.4 is 9.47 Å². The van der Waals surface area contributed by atoms with Crippen molar-refractivity contribution in [2.75, 3.05) is 33.0 Å². The lowest BCUT2D eigenvalue weighted by molar-refractivity contribution is -0.141. The summed E-state index contributed by atoms with van der Waals surface area (Å²) in [6, 6.07) is 5.74. The average molecular weight is 399 g/mol. The number of hydrogen-bond acceptors (Lipinski definition) is 6. The number of rotatable bonds is 3. The van der Waals surface area contributed by atoms with Crippen LogP contribution in [0.2, 0.25) is 0 Å². The second-order valence-electron chi connectivity index (χ2n) is 6.28. The van der Waals surface area contributed by atoms with Crippen LogP contribution in [-0.2, 0) is 12.7 Å². The minimum absolute atomic E-state index is 0.219. The van der Waals surface area contributed by atoms with Crippen molar-refractivity contribution in [3.63, 3.8) is 0 Å². The maximum absolute atomic E-state index is 13.0. The van der Waals surface area contributed by atoms with Crippen molar-refractivity contribution < 1.29 is 27.4 Å². The van der Waals surface area contributed by atoms with Crippen molar-refractivity contribution in [1.29, 1.82) is 0 Å². The monoisotopic (exact) mass is 399 g/mol. The number of aromatic nitrogens is 1. The number of benzene rings is 1. The van der Waals surface area contributed by atoms with Gasteiger partial charge in [-0.15, -0.1) is 11.3 Å². The fourth-order valence-electron chi connectivity index (χ4n) is 3.15. The van der Waals surface area contributed by atoms with Crippen LogP contribution in [-0.4, -0.2) is 53.7 Å². The van der Waals surface area contributed by atoms with Crippen molar-refractivity contribution in [1.82, 2.24) is 14.8 Å². The van der Waals surface area contributed by atoms with Crippen LogP contribution in [0, 0.1) is 0 Å². The van der Waals surface area contributed by atoms with E-state index >= 15 is 0 Å². The summed E-state index contributed by atoms with van der Waals surface area (Å²) in [7, 11) is 0. The van der Waals surface area contributed by atoms with Gasteiger partial charge in [-0.05, 0) is 17.7 Å². The van der Waals surface area contributed by atoms with Gasteiger partial charge < -0.3 is 14.4 Å². The van der Waals surface area contributed by atoms with E-state index in [2.05, 4.69) is 9.88 Å². The fraction of sp³-hybridized carbons (Fsp3) is 0.412. The molecule has 0 saturated carbocycles. The molecule has 0 unspecified atom stereocenters. The first kappa shape index (κ1) is 18.1. The molecular formula is C17H16F3N3O3S. The van der Waals surface area contributed by atoms with E-state index < -0.39 is 17.8 Å². The number of nitrogens with zero attached hydrogens (tertiary/aromatic N) is 3. The van der Waals surface area contributed by atoms with Gasteiger partial charge in [0.2, 0.25) is 6.79 Å². The van der Waals surface area contributed by atoms with Gasteiger partial charge in [0.1, 0.15) is 4.88 Å². The highest BCUT2D eigenvalue weighted by Crippen LogP contribution is 2.34. The number of amides is 1. The molecule has 3 heterocycles. The molecule has 0 aliphatic carbocycles. The first-order valence-corrected chi connectivity index (χ1v) is 9.20. The zero-order valence-corrected chi connectivity index (χ0v) is 15.0. The maximum atomic E-state index is 13.0. The highest BCUT2D eigenvalue weighted by molar-refractivity contribution is 7.11. The van der Waals surface area contributed by atoms with Crippen molar-refractivity contribution in [2.45, 2.75) is 12.7 Å². The lowest BCUT2D eigenvalue weighted by Gasteiger charge is -2.34. The van der Waals surface area contributed by atoms with Gasteiger partial charge in [0.05, 0.1) is 5.51 Å². The molecule has 0 bridgehead atoms. The van der Waals surface area contributed by atoms with Gasteiger partial charge in [-0.25, -0.2) is 4.98 Å². The normalized spacial score (nSPS) is 17.4. The molecule has 1 fully saturated rings. The fourth-order valence-corrected chi connectivity index (χ4v) is 3.92. The molecule has 0 atom stereocenters. The van der Waals surface area contributed by atoms with Crippen molar-refractivity contribution >= 4 is 17.2 Å². The minimum Gasteiger partial charge on any atom is -0.454 e. The number of carbonyl (C=O) groups is 1. The topological polar surface area (TPSA) is 54.9 Å². The molecule has 1 aromatic heterocycles. The summed E-state index contributed by atoms with van der Waals surface area (Å²) in [5.41, 5.74) is 1.02. The number of piperazine rings is 1. The van der Waals surface area contributed by atoms with Crippen LogP contribution in [0.1, 0.15) is 20.9 Å². The molecule has 1 saturated heterocycles. The number of fused-ring (bicyclic) bond motifs is 1. The Morgan fingerprint density at radius 2 is 1.89 bits per heavy atom. The largest absolute Gasteiger partial charge is 0.454 e. The van der Waals surface area contributed by atoms with E-state index in [9.17, 15) is 18.0 Å². The lowest BCUT2D eigenvalue weighted by atomic mass is 10.1. The van der Waals surface area contributed by atoms with Gasteiger partial charge in [0.15, 0.2) is 17.2 Å². The molecule has 6 nitrogen and oxygen atoms in total. The SMILES string of the molecule is O=C(c1scnc1C(F)(F)F)N1CCN(Cc2ccc3c(c2)OCO3)CC1. The second kappa shape index (κ2) is 7.01. The molecule has 144 valence electrons. The Balaban J connectivity index is 1.36. The summed E-state index contributed by atoms with van der Waals surface area (Å²) in [6.07, 6.45) is -4.62. The molecule has 0 spiro atoms. The predicted octanol–water partition coefficient (Wildman–Crippen LogP) is 2.85. The van der Waals surface area contributed by atoms with E-state index in [0.29, 0.717) is 38.5 Å². The van der Waals surface area contributed by atoms with E-state index in [1.54, 1.807) is 0 Å². The third-order valence-electron chi connectivity index (χ3n) is 4.53. The third kappa shape index (κ3) is 3.72. The minimum atomic E-state index is -4.62. The van der Waals surface area contributed by atoms with Gasteiger partial charge in [-0.2, -0.15) is 13.2 Å². The highest BCUT2D eigenvalue weighted by atomic mass is 32.1. The summed E-state index contributed by atoms with van der Waals surface area (Å²) in [5, 5.41) is 0. The molecule has 2 aromatic rings. The Hall–Kier alpha value is -2.33. The standard InChI is InChI=1S/C17H16F3N3O3S/c18-17(19,20)15-14(27-9-21-15)16(24)23-5-3-22(4-6-23)8-11-1-2-12-13(7-11)26-10-25-12/h1-2,7,9H,3-6,8,10H2. The summed E-state index contributed by atoms with van der Waals surface area (Å²) in [6.45, 7) is 2.81. The van der Waals surface area contributed by atoms with Crippen LogP contribution in [0.25, 0.3) is 0 Å². The van der Waals surface area contributed by atoms with Crippen LogP contribution in [0.3, 0.4) is 0 Å². The molecule has 4 rings (SSSR count). The van der Waals surface area contributed by atoms with E-state index in [0.717, 1.165) is 28.2 Å². The molecule has 10 heteroatoms.